The summed E-state index contributed by atoms with van der Waals surface area (Å²) >= 11 is 14.3. The number of halogens is 2. The third-order valence-electron chi connectivity index (χ3n) is 5.26. The van der Waals surface area contributed by atoms with Crippen LogP contribution in [0.1, 0.15) is 31.8 Å². The molecule has 37 heavy (non-hydrogen) atoms. The highest BCUT2D eigenvalue weighted by atomic mass is 35.5. The van der Waals surface area contributed by atoms with Gasteiger partial charge in [-0.25, -0.2) is 4.79 Å². The van der Waals surface area contributed by atoms with E-state index in [2.05, 4.69) is 5.32 Å². The number of hydrogen-bond acceptors (Lipinski definition) is 6. The van der Waals surface area contributed by atoms with E-state index in [0.29, 0.717) is 31.2 Å². The Labute approximate surface area is 231 Å². The summed E-state index contributed by atoms with van der Waals surface area (Å²) in [6.45, 7) is 3.61. The van der Waals surface area contributed by atoms with Gasteiger partial charge in [0.25, 0.3) is 11.8 Å². The van der Waals surface area contributed by atoms with E-state index in [-0.39, 0.29) is 5.56 Å². The minimum Gasteiger partial charge on any atom is -0.390 e. The maximum atomic E-state index is 11.5. The number of hydrogen-bond donors (Lipinski definition) is 5. The van der Waals surface area contributed by atoms with Gasteiger partial charge in [0.2, 0.25) is 0 Å². The third kappa shape index (κ3) is 6.41. The van der Waals surface area contributed by atoms with Crippen LogP contribution in [0.3, 0.4) is 0 Å². The molecule has 0 radical (unpaired) electrons. The van der Waals surface area contributed by atoms with E-state index >= 15 is 0 Å². The van der Waals surface area contributed by atoms with Crippen molar-refractivity contribution >= 4 is 73.7 Å². The normalized spacial score (nSPS) is 10.4. The maximum Gasteiger partial charge on any atom is 0.317 e. The first-order valence-electron chi connectivity index (χ1n) is 10.6. The number of anilines is 2. The molecule has 4 rings (SSSR count). The highest BCUT2D eigenvalue weighted by Crippen LogP contribution is 2.40. The Kier molecular flexibility index (Phi) is 8.82. The summed E-state index contributed by atoms with van der Waals surface area (Å²) in [4.78, 5) is 35.6. The number of urea groups is 1. The summed E-state index contributed by atoms with van der Waals surface area (Å²) in [6, 6.07) is 13.8. The molecular formula is C25H23Cl2N5O3S2. The molecule has 2 aromatic carbocycles. The van der Waals surface area contributed by atoms with Crippen molar-refractivity contribution in [1.29, 1.82) is 0 Å². The van der Waals surface area contributed by atoms with Crippen LogP contribution in [0.25, 0.3) is 20.9 Å². The lowest BCUT2D eigenvalue weighted by molar-refractivity contribution is 0.0992. The Morgan fingerprint density at radius 2 is 1.11 bits per heavy atom. The van der Waals surface area contributed by atoms with Gasteiger partial charge in [0.05, 0.1) is 16.1 Å². The molecule has 0 fully saturated rings. The monoisotopic (exact) mass is 575 g/mol. The van der Waals surface area contributed by atoms with Gasteiger partial charge in [-0.15, -0.1) is 22.7 Å². The van der Waals surface area contributed by atoms with Crippen molar-refractivity contribution in [3.05, 3.63) is 80.8 Å². The first kappa shape index (κ1) is 28.0. The zero-order valence-electron chi connectivity index (χ0n) is 19.7. The number of carbonyl (C=O) groups excluding carboxylic acids is 3. The molecule has 0 aliphatic heterocycles. The summed E-state index contributed by atoms with van der Waals surface area (Å²) in [5.41, 5.74) is 25.6. The molecule has 12 heteroatoms. The van der Waals surface area contributed by atoms with Crippen LogP contribution in [0.4, 0.5) is 14.8 Å². The molecule has 9 N–H and O–H groups in total. The van der Waals surface area contributed by atoms with E-state index in [0.717, 1.165) is 26.4 Å². The summed E-state index contributed by atoms with van der Waals surface area (Å²) in [5.74, 6) is -1.10. The molecule has 0 aliphatic rings. The number of carbonyl (C=O) groups is 3. The molecule has 2 heterocycles. The van der Waals surface area contributed by atoms with Crippen LogP contribution in [0.2, 0.25) is 10.0 Å². The highest BCUT2D eigenvalue weighted by molar-refractivity contribution is 7.20. The Morgan fingerprint density at radius 3 is 1.49 bits per heavy atom. The lowest BCUT2D eigenvalue weighted by Crippen LogP contribution is -2.21. The van der Waals surface area contributed by atoms with E-state index in [1.807, 2.05) is 31.2 Å². The van der Waals surface area contributed by atoms with Crippen LogP contribution < -0.4 is 28.3 Å². The van der Waals surface area contributed by atoms with Crippen LogP contribution in [0.5, 0.6) is 0 Å². The van der Waals surface area contributed by atoms with Crippen molar-refractivity contribution in [1.82, 2.24) is 0 Å². The van der Waals surface area contributed by atoms with Gasteiger partial charge in [-0.2, -0.15) is 0 Å². The van der Waals surface area contributed by atoms with E-state index in [1.165, 1.54) is 22.7 Å². The minimum absolute atomic E-state index is 0.277. The van der Waals surface area contributed by atoms with E-state index in [9.17, 15) is 14.4 Å². The predicted molar refractivity (Wildman–Crippen MR) is 154 cm³/mol. The molecule has 0 atom stereocenters. The summed E-state index contributed by atoms with van der Waals surface area (Å²) in [7, 11) is 0. The smallest absolute Gasteiger partial charge is 0.317 e. The standard InChI is InChI=1S/C13H12ClN3O2S.C12H11ClN2OS/c1-6-9(11(15)18)12(17-13(16)19)20-10(6)7-2-4-8(14)5-3-7;1-6-9(11(14)16)12(15)17-10(6)7-2-4-8(13)5-3-7/h2-5H,1H3,(H2,15,18)(H3,16,17,19);2-5H,15H2,1H3,(H2,14,16). The second-order valence-corrected chi connectivity index (χ2v) is 10.7. The van der Waals surface area contributed by atoms with Crippen LogP contribution in [-0.2, 0) is 0 Å². The number of nitrogen functional groups attached to an aromatic ring is 1. The molecular weight excluding hydrogens is 553 g/mol. The minimum atomic E-state index is -0.739. The number of nitrogens with two attached hydrogens (primary N) is 4. The molecule has 0 saturated heterocycles. The van der Waals surface area contributed by atoms with Crippen LogP contribution in [0, 0.1) is 13.8 Å². The third-order valence-corrected chi connectivity index (χ3v) is 8.19. The number of nitrogens with one attached hydrogen (secondary N) is 1. The summed E-state index contributed by atoms with van der Waals surface area (Å²) in [6.07, 6.45) is 0. The number of primary amides is 3. The Balaban J connectivity index is 0.000000208. The molecule has 0 bridgehead atoms. The van der Waals surface area contributed by atoms with Crippen molar-refractivity contribution in [3.63, 3.8) is 0 Å². The van der Waals surface area contributed by atoms with Crippen molar-refractivity contribution < 1.29 is 14.4 Å². The van der Waals surface area contributed by atoms with Crippen molar-refractivity contribution in [2.45, 2.75) is 13.8 Å². The largest absolute Gasteiger partial charge is 0.390 e. The van der Waals surface area contributed by atoms with Gasteiger partial charge in [-0.1, -0.05) is 47.5 Å². The molecule has 192 valence electrons. The SMILES string of the molecule is Cc1c(-c2ccc(Cl)cc2)sc(N)c1C(N)=O.Cc1c(-c2ccc(Cl)cc2)sc(NC(N)=O)c1C(N)=O. The first-order chi connectivity index (χ1) is 17.4. The van der Waals surface area contributed by atoms with Gasteiger partial charge in [0.15, 0.2) is 0 Å². The predicted octanol–water partition coefficient (Wildman–Crippen LogP) is 6.02. The van der Waals surface area contributed by atoms with Crippen LogP contribution in [0.15, 0.2) is 48.5 Å². The van der Waals surface area contributed by atoms with E-state index in [4.69, 9.17) is 46.1 Å². The number of thiophene rings is 2. The van der Waals surface area contributed by atoms with Crippen molar-refractivity contribution in [2.24, 2.45) is 17.2 Å². The van der Waals surface area contributed by atoms with Gasteiger partial charge in [0, 0.05) is 19.8 Å². The zero-order valence-corrected chi connectivity index (χ0v) is 22.9. The van der Waals surface area contributed by atoms with Gasteiger partial charge < -0.3 is 22.9 Å². The molecule has 0 unspecified atom stereocenters. The molecule has 8 nitrogen and oxygen atoms in total. The van der Waals surface area contributed by atoms with Gasteiger partial charge in [0.1, 0.15) is 5.00 Å². The van der Waals surface area contributed by atoms with Crippen molar-refractivity contribution in [2.75, 3.05) is 11.1 Å². The molecule has 2 aromatic heterocycles. The Bertz CT molecular complexity index is 1480. The van der Waals surface area contributed by atoms with Crippen molar-refractivity contribution in [3.8, 4) is 20.9 Å². The second kappa shape index (κ2) is 11.7. The molecule has 0 spiro atoms. The first-order valence-corrected chi connectivity index (χ1v) is 13.0. The fraction of sp³-hybridized carbons (Fsp3) is 0.0800. The number of rotatable bonds is 5. The molecule has 0 aliphatic carbocycles. The lowest BCUT2D eigenvalue weighted by atomic mass is 10.1. The molecule has 0 saturated carbocycles. The summed E-state index contributed by atoms with van der Waals surface area (Å²) in [5, 5.41) is 4.53. The summed E-state index contributed by atoms with van der Waals surface area (Å²) < 4.78 is 0. The van der Waals surface area contributed by atoms with Crippen LogP contribution >= 0.6 is 45.9 Å². The topological polar surface area (TPSA) is 167 Å². The molecule has 4 aromatic rings. The van der Waals surface area contributed by atoms with Gasteiger partial charge >= 0.3 is 6.03 Å². The Hall–Kier alpha value is -3.57. The average molecular weight is 577 g/mol. The number of amides is 4. The van der Waals surface area contributed by atoms with Gasteiger partial charge in [-0.3, -0.25) is 14.9 Å². The van der Waals surface area contributed by atoms with E-state index in [1.54, 1.807) is 31.2 Å². The van der Waals surface area contributed by atoms with E-state index < -0.39 is 17.8 Å². The lowest BCUT2D eigenvalue weighted by Gasteiger charge is -2.01. The zero-order chi connectivity index (χ0) is 27.4. The highest BCUT2D eigenvalue weighted by Gasteiger charge is 2.21. The quantitative estimate of drug-likeness (QED) is 0.196. The van der Waals surface area contributed by atoms with Crippen LogP contribution in [-0.4, -0.2) is 17.8 Å². The second-order valence-electron chi connectivity index (χ2n) is 7.79. The average Bonchev–Trinajstić information content (AvgIpc) is 3.30. The Morgan fingerprint density at radius 1 is 0.703 bits per heavy atom. The fourth-order valence-corrected chi connectivity index (χ4v) is 6.16. The molecule has 4 amide bonds. The fourth-order valence-electron chi connectivity index (χ4n) is 3.61. The maximum absolute atomic E-state index is 11.5. The number of benzene rings is 2. The van der Waals surface area contributed by atoms with Gasteiger partial charge in [-0.05, 0) is 60.4 Å².